The highest BCUT2D eigenvalue weighted by atomic mass is 35.5. The van der Waals surface area contributed by atoms with Gasteiger partial charge in [0, 0.05) is 13.0 Å². The van der Waals surface area contributed by atoms with Gasteiger partial charge in [-0.1, -0.05) is 0 Å². The molecule has 2 nitrogen and oxygen atoms in total. The van der Waals surface area contributed by atoms with Crippen LogP contribution < -0.4 is 0 Å². The van der Waals surface area contributed by atoms with Gasteiger partial charge in [0.2, 0.25) is 0 Å². The van der Waals surface area contributed by atoms with Gasteiger partial charge in [-0.3, -0.25) is 4.99 Å². The summed E-state index contributed by atoms with van der Waals surface area (Å²) in [5.41, 5.74) is 0. The summed E-state index contributed by atoms with van der Waals surface area (Å²) >= 11 is 0. The van der Waals surface area contributed by atoms with Crippen LogP contribution in [-0.4, -0.2) is 19.6 Å². The molecule has 0 saturated carbocycles. The van der Waals surface area contributed by atoms with E-state index in [2.05, 4.69) is 4.99 Å². The van der Waals surface area contributed by atoms with Crippen molar-refractivity contribution in [3.63, 3.8) is 0 Å². The number of nitrogens with zero attached hydrogens (tertiary/aromatic N) is 1. The monoisotopic (exact) mass is 149 g/mol. The Bertz CT molecular complexity index is 103. The minimum absolute atomic E-state index is 0. The molecular weight excluding hydrogens is 138 g/mol. The van der Waals surface area contributed by atoms with Crippen molar-refractivity contribution in [1.82, 2.24) is 0 Å². The number of methoxy groups -OCH3 is 1. The lowest BCUT2D eigenvalue weighted by atomic mass is 10.2. The first-order chi connectivity index (χ1) is 3.93. The molecule has 0 bridgehead atoms. The van der Waals surface area contributed by atoms with E-state index in [9.17, 15) is 0 Å². The standard InChI is InChI=1S/C6H11NO.ClH/c1-8-6-4-2-3-5-7-6;/h2-5H2,1H3;1H. The molecule has 0 amide bonds. The van der Waals surface area contributed by atoms with E-state index >= 15 is 0 Å². The summed E-state index contributed by atoms with van der Waals surface area (Å²) in [5, 5.41) is 0. The molecule has 0 aliphatic carbocycles. The summed E-state index contributed by atoms with van der Waals surface area (Å²) in [6.07, 6.45) is 3.51. The molecule has 3 heteroatoms. The van der Waals surface area contributed by atoms with Crippen LogP contribution in [0.15, 0.2) is 4.99 Å². The van der Waals surface area contributed by atoms with Crippen molar-refractivity contribution in [3.8, 4) is 0 Å². The largest absolute Gasteiger partial charge is 0.484 e. The number of hydrogen-bond donors (Lipinski definition) is 0. The average molecular weight is 150 g/mol. The Hall–Kier alpha value is -0.240. The lowest BCUT2D eigenvalue weighted by Gasteiger charge is -2.08. The molecule has 0 aromatic heterocycles. The second kappa shape index (κ2) is 4.62. The molecule has 0 saturated heterocycles. The first kappa shape index (κ1) is 8.76. The Morgan fingerprint density at radius 1 is 1.44 bits per heavy atom. The average Bonchev–Trinajstić information content (AvgIpc) is 1.90. The summed E-state index contributed by atoms with van der Waals surface area (Å²) in [7, 11) is 1.68. The molecule has 0 radical (unpaired) electrons. The Balaban J connectivity index is 0.000000640. The molecule has 0 N–H and O–H groups in total. The van der Waals surface area contributed by atoms with Crippen molar-refractivity contribution in [1.29, 1.82) is 0 Å². The number of halogens is 1. The van der Waals surface area contributed by atoms with Crippen LogP contribution in [0.3, 0.4) is 0 Å². The van der Waals surface area contributed by atoms with Gasteiger partial charge < -0.3 is 4.74 Å². The topological polar surface area (TPSA) is 21.6 Å². The van der Waals surface area contributed by atoms with Gasteiger partial charge in [-0.05, 0) is 12.8 Å². The van der Waals surface area contributed by atoms with Gasteiger partial charge in [-0.25, -0.2) is 0 Å². The lowest BCUT2D eigenvalue weighted by Crippen LogP contribution is -2.07. The summed E-state index contributed by atoms with van der Waals surface area (Å²) < 4.78 is 4.94. The van der Waals surface area contributed by atoms with E-state index in [-0.39, 0.29) is 12.4 Å². The van der Waals surface area contributed by atoms with Crippen molar-refractivity contribution in [2.75, 3.05) is 13.7 Å². The van der Waals surface area contributed by atoms with Crippen molar-refractivity contribution in [2.45, 2.75) is 19.3 Å². The smallest absolute Gasteiger partial charge is 0.182 e. The van der Waals surface area contributed by atoms with E-state index in [1.165, 1.54) is 12.8 Å². The van der Waals surface area contributed by atoms with Crippen LogP contribution in [-0.2, 0) is 4.74 Å². The van der Waals surface area contributed by atoms with Gasteiger partial charge in [-0.2, -0.15) is 0 Å². The summed E-state index contributed by atoms with van der Waals surface area (Å²) in [4.78, 5) is 4.14. The third-order valence-electron chi connectivity index (χ3n) is 1.32. The predicted molar refractivity (Wildman–Crippen MR) is 40.4 cm³/mol. The van der Waals surface area contributed by atoms with Gasteiger partial charge >= 0.3 is 0 Å². The molecule has 1 aliphatic rings. The molecule has 0 fully saturated rings. The third kappa shape index (κ3) is 2.70. The molecular formula is C6H12ClNO. The highest BCUT2D eigenvalue weighted by molar-refractivity contribution is 5.85. The predicted octanol–water partition coefficient (Wildman–Crippen LogP) is 1.64. The minimum atomic E-state index is 0. The maximum Gasteiger partial charge on any atom is 0.182 e. The number of hydrogen-bond acceptors (Lipinski definition) is 2. The molecule has 9 heavy (non-hydrogen) atoms. The summed E-state index contributed by atoms with van der Waals surface area (Å²) in [6, 6.07) is 0. The van der Waals surface area contributed by atoms with Crippen LogP contribution in [0.2, 0.25) is 0 Å². The third-order valence-corrected chi connectivity index (χ3v) is 1.32. The van der Waals surface area contributed by atoms with Gasteiger partial charge in [-0.15, -0.1) is 12.4 Å². The summed E-state index contributed by atoms with van der Waals surface area (Å²) in [5.74, 6) is 0.927. The van der Waals surface area contributed by atoms with E-state index in [1.54, 1.807) is 7.11 Å². The van der Waals surface area contributed by atoms with Crippen LogP contribution in [0.4, 0.5) is 0 Å². The zero-order valence-electron chi connectivity index (χ0n) is 5.59. The van der Waals surface area contributed by atoms with Crippen LogP contribution in [0.5, 0.6) is 0 Å². The zero-order chi connectivity index (χ0) is 5.82. The second-order valence-corrected chi connectivity index (χ2v) is 1.94. The van der Waals surface area contributed by atoms with Crippen molar-refractivity contribution >= 4 is 18.3 Å². The normalized spacial score (nSPS) is 17.7. The highest BCUT2D eigenvalue weighted by Gasteiger charge is 2.02. The maximum atomic E-state index is 4.94. The van der Waals surface area contributed by atoms with E-state index in [0.717, 1.165) is 18.9 Å². The molecule has 0 aromatic rings. The Labute approximate surface area is 61.7 Å². The molecule has 1 aliphatic heterocycles. The van der Waals surface area contributed by atoms with Crippen LogP contribution in [0, 0.1) is 0 Å². The molecule has 0 spiro atoms. The van der Waals surface area contributed by atoms with Gasteiger partial charge in [0.05, 0.1) is 7.11 Å². The van der Waals surface area contributed by atoms with Crippen LogP contribution >= 0.6 is 12.4 Å². The van der Waals surface area contributed by atoms with Crippen molar-refractivity contribution < 1.29 is 4.74 Å². The molecule has 1 rings (SSSR count). The first-order valence-corrected chi connectivity index (χ1v) is 3.01. The van der Waals surface area contributed by atoms with Crippen molar-refractivity contribution in [3.05, 3.63) is 0 Å². The number of rotatable bonds is 0. The fourth-order valence-corrected chi connectivity index (χ4v) is 0.837. The lowest BCUT2D eigenvalue weighted by molar-refractivity contribution is 0.378. The second-order valence-electron chi connectivity index (χ2n) is 1.94. The molecule has 0 aromatic carbocycles. The quantitative estimate of drug-likeness (QED) is 0.513. The van der Waals surface area contributed by atoms with Crippen LogP contribution in [0.25, 0.3) is 0 Å². The Morgan fingerprint density at radius 2 is 2.22 bits per heavy atom. The van der Waals surface area contributed by atoms with Crippen LogP contribution in [0.1, 0.15) is 19.3 Å². The molecule has 1 heterocycles. The fourth-order valence-electron chi connectivity index (χ4n) is 0.837. The van der Waals surface area contributed by atoms with E-state index in [4.69, 9.17) is 4.74 Å². The van der Waals surface area contributed by atoms with Gasteiger partial charge in [0.1, 0.15) is 0 Å². The zero-order valence-corrected chi connectivity index (χ0v) is 6.41. The van der Waals surface area contributed by atoms with E-state index < -0.39 is 0 Å². The molecule has 0 atom stereocenters. The van der Waals surface area contributed by atoms with Crippen molar-refractivity contribution in [2.24, 2.45) is 4.99 Å². The Kier molecular flexibility index (Phi) is 4.50. The number of ether oxygens (including phenoxy) is 1. The summed E-state index contributed by atoms with van der Waals surface area (Å²) in [6.45, 7) is 0.961. The Morgan fingerprint density at radius 3 is 2.56 bits per heavy atom. The maximum absolute atomic E-state index is 4.94. The molecule has 0 unspecified atom stereocenters. The van der Waals surface area contributed by atoms with E-state index in [1.807, 2.05) is 0 Å². The first-order valence-electron chi connectivity index (χ1n) is 3.01. The highest BCUT2D eigenvalue weighted by Crippen LogP contribution is 2.05. The SMILES string of the molecule is COC1=NCCCC1.Cl. The number of aliphatic imine (C=N–C) groups is 1. The molecule has 54 valence electrons. The van der Waals surface area contributed by atoms with E-state index in [0.29, 0.717) is 0 Å². The van der Waals surface area contributed by atoms with Gasteiger partial charge in [0.15, 0.2) is 5.90 Å². The van der Waals surface area contributed by atoms with Gasteiger partial charge in [0.25, 0.3) is 0 Å². The minimum Gasteiger partial charge on any atom is -0.484 e. The fraction of sp³-hybridized carbons (Fsp3) is 0.833.